The molecule has 1 saturated heterocycles. The van der Waals surface area contributed by atoms with Gasteiger partial charge in [0.15, 0.2) is 0 Å². The Labute approximate surface area is 104 Å². The van der Waals surface area contributed by atoms with Gasteiger partial charge in [0.2, 0.25) is 5.91 Å². The van der Waals surface area contributed by atoms with E-state index in [0.717, 1.165) is 4.90 Å². The average Bonchev–Trinajstić information content (AvgIpc) is 2.35. The second-order valence-corrected chi connectivity index (χ2v) is 4.26. The number of aliphatic carboxylic acids is 2. The van der Waals surface area contributed by atoms with Crippen molar-refractivity contribution in [3.05, 3.63) is 0 Å². The van der Waals surface area contributed by atoms with E-state index in [1.165, 1.54) is 6.92 Å². The Balaban J connectivity index is 2.79. The number of carbonyl (C=O) groups excluding carboxylic acids is 1. The third-order valence-electron chi connectivity index (χ3n) is 2.96. The number of amides is 1. The van der Waals surface area contributed by atoms with Gasteiger partial charge in [-0.3, -0.25) is 14.4 Å². The summed E-state index contributed by atoms with van der Waals surface area (Å²) in [5, 5.41) is 17.6. The normalized spacial score (nSPS) is 18.1. The Morgan fingerprint density at radius 2 is 1.83 bits per heavy atom. The van der Waals surface area contributed by atoms with Crippen LogP contribution in [-0.4, -0.2) is 58.8 Å². The molecular formula is C11H17NO6. The Hall–Kier alpha value is -1.63. The molecule has 0 saturated carbocycles. The van der Waals surface area contributed by atoms with Gasteiger partial charge in [-0.15, -0.1) is 0 Å². The second kappa shape index (κ2) is 6.34. The van der Waals surface area contributed by atoms with Crippen LogP contribution in [0, 0.1) is 5.92 Å². The summed E-state index contributed by atoms with van der Waals surface area (Å²) in [6, 6.07) is -0.260. The fourth-order valence-corrected chi connectivity index (χ4v) is 1.88. The molecule has 1 aliphatic heterocycles. The number of carboxylic acids is 2. The summed E-state index contributed by atoms with van der Waals surface area (Å²) < 4.78 is 5.14. The minimum absolute atomic E-state index is 0.260. The van der Waals surface area contributed by atoms with E-state index in [2.05, 4.69) is 0 Å². The molecule has 7 heteroatoms. The van der Waals surface area contributed by atoms with Gasteiger partial charge in [0.25, 0.3) is 0 Å². The molecule has 102 valence electrons. The summed E-state index contributed by atoms with van der Waals surface area (Å²) in [7, 11) is 0. The maximum Gasteiger partial charge on any atom is 0.323 e. The standard InChI is InChI=1S/C11H17NO6/c1-7(11(16)17)10(15)12(6-9(13)14)8-2-4-18-5-3-8/h7-8H,2-6H2,1H3,(H,13,14)(H,16,17). The molecule has 1 atom stereocenters. The van der Waals surface area contributed by atoms with Gasteiger partial charge in [-0.05, 0) is 19.8 Å². The summed E-state index contributed by atoms with van der Waals surface area (Å²) in [6.07, 6.45) is 1.07. The van der Waals surface area contributed by atoms with Crippen molar-refractivity contribution < 1.29 is 29.3 Å². The molecule has 7 nitrogen and oxygen atoms in total. The lowest BCUT2D eigenvalue weighted by Crippen LogP contribution is -2.49. The van der Waals surface area contributed by atoms with Crippen LogP contribution in [0.4, 0.5) is 0 Å². The van der Waals surface area contributed by atoms with Gasteiger partial charge in [-0.25, -0.2) is 0 Å². The topological polar surface area (TPSA) is 104 Å². The molecule has 18 heavy (non-hydrogen) atoms. The van der Waals surface area contributed by atoms with Gasteiger partial charge in [0, 0.05) is 19.3 Å². The molecule has 0 spiro atoms. The van der Waals surface area contributed by atoms with E-state index in [1.54, 1.807) is 0 Å². The SMILES string of the molecule is CC(C(=O)O)C(=O)N(CC(=O)O)C1CCOCC1. The van der Waals surface area contributed by atoms with Crippen molar-refractivity contribution in [3.63, 3.8) is 0 Å². The highest BCUT2D eigenvalue weighted by Gasteiger charge is 2.33. The molecule has 1 fully saturated rings. The number of carbonyl (C=O) groups is 3. The van der Waals surface area contributed by atoms with E-state index in [0.29, 0.717) is 26.1 Å². The zero-order valence-corrected chi connectivity index (χ0v) is 10.2. The molecule has 0 aliphatic carbocycles. The number of carboxylic acid groups (broad SMARTS) is 2. The van der Waals surface area contributed by atoms with Crippen LogP contribution < -0.4 is 0 Å². The third kappa shape index (κ3) is 3.69. The van der Waals surface area contributed by atoms with Crippen LogP contribution in [0.3, 0.4) is 0 Å². The first-order chi connectivity index (χ1) is 8.43. The van der Waals surface area contributed by atoms with Crippen LogP contribution in [-0.2, 0) is 19.1 Å². The first kappa shape index (κ1) is 14.4. The third-order valence-corrected chi connectivity index (χ3v) is 2.96. The zero-order valence-electron chi connectivity index (χ0n) is 10.2. The molecule has 0 aromatic rings. The highest BCUT2D eigenvalue weighted by molar-refractivity contribution is 5.97. The van der Waals surface area contributed by atoms with E-state index in [4.69, 9.17) is 14.9 Å². The lowest BCUT2D eigenvalue weighted by Gasteiger charge is -2.34. The fourth-order valence-electron chi connectivity index (χ4n) is 1.88. The van der Waals surface area contributed by atoms with Crippen molar-refractivity contribution in [1.82, 2.24) is 4.90 Å². The lowest BCUT2D eigenvalue weighted by atomic mass is 10.0. The van der Waals surface area contributed by atoms with Gasteiger partial charge in [0.05, 0.1) is 0 Å². The highest BCUT2D eigenvalue weighted by Crippen LogP contribution is 2.17. The van der Waals surface area contributed by atoms with Crippen molar-refractivity contribution in [2.45, 2.75) is 25.8 Å². The smallest absolute Gasteiger partial charge is 0.323 e. The fraction of sp³-hybridized carbons (Fsp3) is 0.727. The van der Waals surface area contributed by atoms with Crippen molar-refractivity contribution in [3.8, 4) is 0 Å². The summed E-state index contributed by atoms with van der Waals surface area (Å²) in [4.78, 5) is 34.7. The molecule has 2 N–H and O–H groups in total. The van der Waals surface area contributed by atoms with E-state index in [9.17, 15) is 14.4 Å². The Morgan fingerprint density at radius 1 is 1.28 bits per heavy atom. The van der Waals surface area contributed by atoms with E-state index < -0.39 is 30.3 Å². The maximum absolute atomic E-state index is 12.0. The monoisotopic (exact) mass is 259 g/mol. The largest absolute Gasteiger partial charge is 0.481 e. The summed E-state index contributed by atoms with van der Waals surface area (Å²) in [6.45, 7) is 1.70. The van der Waals surface area contributed by atoms with Crippen molar-refractivity contribution >= 4 is 17.8 Å². The molecule has 1 amide bonds. The van der Waals surface area contributed by atoms with Crippen LogP contribution in [0.15, 0.2) is 0 Å². The predicted octanol–water partition coefficient (Wildman–Crippen LogP) is -0.201. The summed E-state index contributed by atoms with van der Waals surface area (Å²) in [5.74, 6) is -4.28. The van der Waals surface area contributed by atoms with Crippen molar-refractivity contribution in [2.75, 3.05) is 19.8 Å². The second-order valence-electron chi connectivity index (χ2n) is 4.26. The quantitative estimate of drug-likeness (QED) is 0.662. The number of ether oxygens (including phenoxy) is 1. The van der Waals surface area contributed by atoms with Crippen LogP contribution in [0.25, 0.3) is 0 Å². The molecule has 1 aliphatic rings. The molecule has 1 rings (SSSR count). The molecule has 0 aromatic heterocycles. The summed E-state index contributed by atoms with van der Waals surface area (Å²) in [5.41, 5.74) is 0. The van der Waals surface area contributed by atoms with Gasteiger partial charge in [-0.1, -0.05) is 0 Å². The molecule has 1 heterocycles. The lowest BCUT2D eigenvalue weighted by molar-refractivity contribution is -0.156. The van der Waals surface area contributed by atoms with Crippen molar-refractivity contribution in [1.29, 1.82) is 0 Å². The number of rotatable bonds is 5. The van der Waals surface area contributed by atoms with Crippen molar-refractivity contribution in [2.24, 2.45) is 5.92 Å². The van der Waals surface area contributed by atoms with Crippen LogP contribution in [0.2, 0.25) is 0 Å². The Morgan fingerprint density at radius 3 is 2.28 bits per heavy atom. The van der Waals surface area contributed by atoms with Gasteiger partial charge < -0.3 is 19.8 Å². The maximum atomic E-state index is 12.0. The van der Waals surface area contributed by atoms with Crippen LogP contribution in [0.5, 0.6) is 0 Å². The molecule has 1 unspecified atom stereocenters. The van der Waals surface area contributed by atoms with E-state index in [1.807, 2.05) is 0 Å². The zero-order chi connectivity index (χ0) is 13.7. The summed E-state index contributed by atoms with van der Waals surface area (Å²) >= 11 is 0. The Kier molecular flexibility index (Phi) is 5.08. The molecule has 0 bridgehead atoms. The number of nitrogens with zero attached hydrogens (tertiary/aromatic N) is 1. The van der Waals surface area contributed by atoms with Gasteiger partial charge >= 0.3 is 11.9 Å². The minimum Gasteiger partial charge on any atom is -0.481 e. The highest BCUT2D eigenvalue weighted by atomic mass is 16.5. The molecular weight excluding hydrogens is 242 g/mol. The minimum atomic E-state index is -1.25. The number of hydrogen-bond donors (Lipinski definition) is 2. The first-order valence-electron chi connectivity index (χ1n) is 5.76. The van der Waals surface area contributed by atoms with E-state index >= 15 is 0 Å². The van der Waals surface area contributed by atoms with E-state index in [-0.39, 0.29) is 6.04 Å². The van der Waals surface area contributed by atoms with Gasteiger partial charge in [0.1, 0.15) is 12.5 Å². The Bertz CT molecular complexity index is 336. The van der Waals surface area contributed by atoms with Crippen LogP contribution in [0.1, 0.15) is 19.8 Å². The van der Waals surface area contributed by atoms with Crippen LogP contribution >= 0.6 is 0 Å². The van der Waals surface area contributed by atoms with Gasteiger partial charge in [-0.2, -0.15) is 0 Å². The number of hydrogen-bond acceptors (Lipinski definition) is 4. The predicted molar refractivity (Wildman–Crippen MR) is 60.0 cm³/mol. The molecule has 0 radical (unpaired) electrons. The first-order valence-corrected chi connectivity index (χ1v) is 5.76. The average molecular weight is 259 g/mol. The molecule has 0 aromatic carbocycles.